The molecule has 1 fully saturated rings. The lowest BCUT2D eigenvalue weighted by Gasteiger charge is -2.28. The van der Waals surface area contributed by atoms with E-state index in [1.54, 1.807) is 12.1 Å². The molecule has 0 radical (unpaired) electrons. The molecule has 0 aromatic heterocycles. The first-order valence-corrected chi connectivity index (χ1v) is 11.9. The van der Waals surface area contributed by atoms with Gasteiger partial charge in [-0.05, 0) is 84.0 Å². The average Bonchev–Trinajstić information content (AvgIpc) is 2.81. The molecule has 0 atom stereocenters. The number of alkyl halides is 3. The Kier molecular flexibility index (Phi) is 7.62. The Morgan fingerprint density at radius 1 is 0.722 bits per heavy atom. The zero-order valence-electron chi connectivity index (χ0n) is 19.6. The molecule has 0 unspecified atom stereocenters. The Balaban J connectivity index is 1.56. The fourth-order valence-electron chi connectivity index (χ4n) is 5.07. The van der Waals surface area contributed by atoms with Gasteiger partial charge in [0.05, 0.1) is 5.56 Å². The van der Waals surface area contributed by atoms with Gasteiger partial charge < -0.3 is 4.74 Å². The maximum atomic E-state index is 14.9. The van der Waals surface area contributed by atoms with E-state index in [2.05, 4.69) is 11.7 Å². The highest BCUT2D eigenvalue weighted by atomic mass is 19.4. The summed E-state index contributed by atoms with van der Waals surface area (Å²) < 4.78 is 98.3. The van der Waals surface area contributed by atoms with Crippen LogP contribution in [0.25, 0.3) is 22.3 Å². The smallest absolute Gasteiger partial charge is 0.399 e. The highest BCUT2D eigenvalue weighted by Crippen LogP contribution is 2.39. The van der Waals surface area contributed by atoms with E-state index in [0.717, 1.165) is 30.9 Å². The molecule has 0 amide bonds. The summed E-state index contributed by atoms with van der Waals surface area (Å²) in [7, 11) is 0. The van der Waals surface area contributed by atoms with Crippen molar-refractivity contribution in [3.05, 3.63) is 77.4 Å². The van der Waals surface area contributed by atoms with Gasteiger partial charge >= 0.3 is 6.36 Å². The van der Waals surface area contributed by atoms with Crippen molar-refractivity contribution >= 4 is 0 Å². The van der Waals surface area contributed by atoms with Gasteiger partial charge in [-0.15, -0.1) is 13.2 Å². The molecular weight excluding hydrogens is 485 g/mol. The number of benzene rings is 3. The summed E-state index contributed by atoms with van der Waals surface area (Å²) in [5.41, 5.74) is 0.628. The minimum Gasteiger partial charge on any atom is -0.399 e. The lowest BCUT2D eigenvalue weighted by Crippen LogP contribution is -2.19. The van der Waals surface area contributed by atoms with Gasteiger partial charge in [-0.25, -0.2) is 17.6 Å². The first-order chi connectivity index (χ1) is 17.1. The highest BCUT2D eigenvalue weighted by Gasteiger charge is 2.34. The van der Waals surface area contributed by atoms with Gasteiger partial charge in [-0.1, -0.05) is 44.0 Å². The van der Waals surface area contributed by atoms with Gasteiger partial charge in [0.1, 0.15) is 11.6 Å². The predicted octanol–water partition coefficient (Wildman–Crippen LogP) is 9.55. The summed E-state index contributed by atoms with van der Waals surface area (Å²) in [6.45, 7) is 2.20. The molecule has 1 nitrogen and oxygen atoms in total. The van der Waals surface area contributed by atoms with Crippen molar-refractivity contribution in [3.8, 4) is 28.0 Å². The molecule has 0 saturated heterocycles. The van der Waals surface area contributed by atoms with Gasteiger partial charge in [0, 0.05) is 0 Å². The number of rotatable bonds is 6. The zero-order valence-corrected chi connectivity index (χ0v) is 19.6. The van der Waals surface area contributed by atoms with Crippen molar-refractivity contribution in [2.45, 2.75) is 57.7 Å². The summed E-state index contributed by atoms with van der Waals surface area (Å²) >= 11 is 0. The fraction of sp³-hybridized carbons (Fsp3) is 0.357. The Morgan fingerprint density at radius 3 is 1.75 bits per heavy atom. The van der Waals surface area contributed by atoms with E-state index in [-0.39, 0.29) is 5.56 Å². The quantitative estimate of drug-likeness (QED) is 0.300. The Hall–Kier alpha value is -3.03. The second-order valence-corrected chi connectivity index (χ2v) is 9.26. The average molecular weight is 510 g/mol. The van der Waals surface area contributed by atoms with Crippen LogP contribution in [-0.2, 0) is 0 Å². The molecule has 36 heavy (non-hydrogen) atoms. The molecule has 0 aliphatic heterocycles. The molecule has 0 bridgehead atoms. The van der Waals surface area contributed by atoms with Crippen LogP contribution >= 0.6 is 0 Å². The highest BCUT2D eigenvalue weighted by molar-refractivity contribution is 5.72. The molecule has 8 heteroatoms. The van der Waals surface area contributed by atoms with Crippen molar-refractivity contribution in [2.24, 2.45) is 5.92 Å². The summed E-state index contributed by atoms with van der Waals surface area (Å²) in [6, 6.07) is 10.3. The molecule has 3 aromatic carbocycles. The van der Waals surface area contributed by atoms with Crippen molar-refractivity contribution in [2.75, 3.05) is 0 Å². The Morgan fingerprint density at radius 2 is 1.25 bits per heavy atom. The zero-order chi connectivity index (χ0) is 26.0. The van der Waals surface area contributed by atoms with Gasteiger partial charge in [0.15, 0.2) is 11.6 Å². The van der Waals surface area contributed by atoms with E-state index in [1.165, 1.54) is 31.2 Å². The molecule has 4 rings (SSSR count). The third-order valence-electron chi connectivity index (χ3n) is 6.81. The van der Waals surface area contributed by atoms with Gasteiger partial charge in [-0.3, -0.25) is 0 Å². The standard InChI is InChI=1S/C28H25F7O/c1-2-3-16-4-6-17(7-5-16)18-8-10-19(11-9-18)20-12-22(29)26(23(30)13-20)21-14-24(31)27(25(32)15-21)36-28(33,34)35/h8-17H,2-7H2,1H3. The van der Waals surface area contributed by atoms with Crippen LogP contribution in [0, 0.1) is 29.2 Å². The van der Waals surface area contributed by atoms with E-state index in [9.17, 15) is 30.7 Å². The number of ether oxygens (including phenoxy) is 1. The largest absolute Gasteiger partial charge is 0.573 e. The van der Waals surface area contributed by atoms with Gasteiger partial charge in [0.25, 0.3) is 0 Å². The molecule has 1 aliphatic rings. The predicted molar refractivity (Wildman–Crippen MR) is 123 cm³/mol. The minimum atomic E-state index is -5.33. The molecule has 3 aromatic rings. The number of halogens is 7. The molecular formula is C28H25F7O. The Labute approximate surface area is 204 Å². The molecule has 192 valence electrons. The van der Waals surface area contributed by atoms with Crippen LogP contribution in [0.2, 0.25) is 0 Å². The van der Waals surface area contributed by atoms with Crippen LogP contribution in [0.15, 0.2) is 48.5 Å². The summed E-state index contributed by atoms with van der Waals surface area (Å²) in [6.07, 6.45) is 1.74. The van der Waals surface area contributed by atoms with E-state index in [4.69, 9.17) is 0 Å². The van der Waals surface area contributed by atoms with Crippen LogP contribution in [0.3, 0.4) is 0 Å². The SMILES string of the molecule is CCCC1CCC(c2ccc(-c3cc(F)c(-c4cc(F)c(OC(F)(F)F)c(F)c4)c(F)c3)cc2)CC1. The van der Waals surface area contributed by atoms with E-state index < -0.39 is 46.5 Å². The second-order valence-electron chi connectivity index (χ2n) is 9.26. The van der Waals surface area contributed by atoms with E-state index in [1.807, 2.05) is 12.1 Å². The maximum Gasteiger partial charge on any atom is 0.573 e. The first kappa shape index (κ1) is 26.0. The first-order valence-electron chi connectivity index (χ1n) is 11.9. The molecule has 1 aliphatic carbocycles. The minimum absolute atomic E-state index is 0.227. The lowest BCUT2D eigenvalue weighted by atomic mass is 9.77. The molecule has 0 heterocycles. The van der Waals surface area contributed by atoms with Crippen LogP contribution < -0.4 is 4.74 Å². The van der Waals surface area contributed by atoms with Crippen LogP contribution in [0.4, 0.5) is 30.7 Å². The van der Waals surface area contributed by atoms with E-state index >= 15 is 0 Å². The topological polar surface area (TPSA) is 9.23 Å². The number of hydrogen-bond donors (Lipinski definition) is 0. The van der Waals surface area contributed by atoms with Gasteiger partial charge in [-0.2, -0.15) is 0 Å². The van der Waals surface area contributed by atoms with Crippen molar-refractivity contribution in [1.29, 1.82) is 0 Å². The van der Waals surface area contributed by atoms with Crippen LogP contribution in [0.5, 0.6) is 5.75 Å². The second kappa shape index (κ2) is 10.5. The summed E-state index contributed by atoms with van der Waals surface area (Å²) in [4.78, 5) is 0. The number of hydrogen-bond acceptors (Lipinski definition) is 1. The van der Waals surface area contributed by atoms with Gasteiger partial charge in [0.2, 0.25) is 5.75 Å². The third-order valence-corrected chi connectivity index (χ3v) is 6.81. The fourth-order valence-corrected chi connectivity index (χ4v) is 5.07. The van der Waals surface area contributed by atoms with Crippen LogP contribution in [0.1, 0.15) is 56.9 Å². The monoisotopic (exact) mass is 510 g/mol. The lowest BCUT2D eigenvalue weighted by molar-refractivity contribution is -0.276. The van der Waals surface area contributed by atoms with E-state index in [0.29, 0.717) is 23.6 Å². The molecule has 1 saturated carbocycles. The Bertz CT molecular complexity index is 1160. The van der Waals surface area contributed by atoms with Crippen molar-refractivity contribution in [3.63, 3.8) is 0 Å². The molecule has 0 N–H and O–H groups in total. The van der Waals surface area contributed by atoms with Crippen molar-refractivity contribution < 1.29 is 35.5 Å². The summed E-state index contributed by atoms with van der Waals surface area (Å²) in [5.74, 6) is -6.13. The normalized spacial score (nSPS) is 18.3. The summed E-state index contributed by atoms with van der Waals surface area (Å²) in [5, 5.41) is 0. The van der Waals surface area contributed by atoms with Crippen LogP contribution in [-0.4, -0.2) is 6.36 Å². The van der Waals surface area contributed by atoms with Crippen molar-refractivity contribution in [1.82, 2.24) is 0 Å². The third kappa shape index (κ3) is 5.85. The maximum absolute atomic E-state index is 14.9. The molecule has 0 spiro atoms.